The molecule has 2 atom stereocenters. The van der Waals surface area contributed by atoms with Crippen LogP contribution in [-0.2, 0) is 16.0 Å². The van der Waals surface area contributed by atoms with Crippen LogP contribution in [0.4, 0.5) is 0 Å². The fourth-order valence-corrected chi connectivity index (χ4v) is 4.50. The molecule has 4 nitrogen and oxygen atoms in total. The molecule has 146 valence electrons. The van der Waals surface area contributed by atoms with Crippen molar-refractivity contribution in [3.63, 3.8) is 0 Å². The Hall–Kier alpha value is -2.37. The first kappa shape index (κ1) is 20.4. The first-order valence-corrected chi connectivity index (χ1v) is 9.91. The number of Topliss-reactive ketones (excluding diaryl/α,β-unsaturated/α-hetero) is 2. The quantitative estimate of drug-likeness (QED) is 0.312. The average molecular weight is 395 g/mol. The Morgan fingerprint density at radius 1 is 1.14 bits per heavy atom. The van der Waals surface area contributed by atoms with E-state index in [4.69, 9.17) is 5.84 Å². The van der Waals surface area contributed by atoms with Crippen molar-refractivity contribution in [2.24, 2.45) is 11.8 Å². The van der Waals surface area contributed by atoms with Crippen molar-refractivity contribution in [3.8, 4) is 0 Å². The number of hydrogen-bond acceptors (Lipinski definition) is 5. The first-order chi connectivity index (χ1) is 13.3. The molecular formula is C23H26N2O2S. The van der Waals surface area contributed by atoms with E-state index in [0.717, 1.165) is 33.4 Å². The number of carbonyl (C=O) groups excluding carboxylic acids is 2. The third kappa shape index (κ3) is 3.91. The maximum Gasteiger partial charge on any atom is 0.151 e. The molecule has 0 bridgehead atoms. The van der Waals surface area contributed by atoms with E-state index in [1.165, 1.54) is 0 Å². The molecule has 28 heavy (non-hydrogen) atoms. The molecule has 0 heterocycles. The van der Waals surface area contributed by atoms with E-state index in [1.807, 2.05) is 57.2 Å². The van der Waals surface area contributed by atoms with Gasteiger partial charge in [-0.3, -0.25) is 15.4 Å². The Morgan fingerprint density at radius 3 is 2.29 bits per heavy atom. The van der Waals surface area contributed by atoms with Gasteiger partial charge in [-0.1, -0.05) is 42.0 Å². The third-order valence-corrected chi connectivity index (χ3v) is 5.77. The minimum atomic E-state index is -0.620. The summed E-state index contributed by atoms with van der Waals surface area (Å²) in [7, 11) is 0. The molecule has 1 aliphatic rings. The van der Waals surface area contributed by atoms with Gasteiger partial charge in [-0.15, -0.1) is 12.6 Å². The number of thiol groups is 1. The maximum atomic E-state index is 13.1. The highest BCUT2D eigenvalue weighted by Gasteiger charge is 2.42. The second-order valence-corrected chi connectivity index (χ2v) is 7.86. The van der Waals surface area contributed by atoms with Gasteiger partial charge in [0.05, 0.1) is 5.70 Å². The van der Waals surface area contributed by atoms with Crippen LogP contribution < -0.4 is 11.3 Å². The Morgan fingerprint density at radius 2 is 1.75 bits per heavy atom. The van der Waals surface area contributed by atoms with Crippen molar-refractivity contribution in [2.75, 3.05) is 0 Å². The van der Waals surface area contributed by atoms with Crippen LogP contribution in [-0.4, -0.2) is 11.6 Å². The minimum Gasteiger partial charge on any atom is -0.323 e. The van der Waals surface area contributed by atoms with E-state index in [9.17, 15) is 9.59 Å². The fourth-order valence-electron chi connectivity index (χ4n) is 4.28. The third-order valence-electron chi connectivity index (χ3n) is 5.51. The van der Waals surface area contributed by atoms with Gasteiger partial charge < -0.3 is 5.43 Å². The van der Waals surface area contributed by atoms with Gasteiger partial charge in [0, 0.05) is 12.3 Å². The maximum absolute atomic E-state index is 13.1. The molecule has 3 rings (SSSR count). The van der Waals surface area contributed by atoms with Crippen LogP contribution in [0, 0.1) is 26.7 Å². The molecule has 5 heteroatoms. The number of carbonyl (C=O) groups is 2. The number of aryl methyl sites for hydroxylation is 3. The molecule has 2 aromatic rings. The van der Waals surface area contributed by atoms with Crippen LogP contribution in [0.3, 0.4) is 0 Å². The summed E-state index contributed by atoms with van der Waals surface area (Å²) in [5, 5.41) is 1.60. The lowest BCUT2D eigenvalue weighted by molar-refractivity contribution is -0.124. The predicted molar refractivity (Wildman–Crippen MR) is 116 cm³/mol. The van der Waals surface area contributed by atoms with Gasteiger partial charge >= 0.3 is 0 Å². The molecule has 0 aromatic heterocycles. The van der Waals surface area contributed by atoms with Crippen LogP contribution in [0.5, 0.6) is 0 Å². The standard InChI is InChI=1S/C23H26N2O2S/c1-13-8-14(2)21(15(3)9-13)22-20(26)11-18(23(22)27)10-16-4-6-17(7-5-16)19(12-28)25-24/h4-9,12,18,22,25,28H,10-11,24H2,1-3H3/b19-12-. The lowest BCUT2D eigenvalue weighted by atomic mass is 9.86. The van der Waals surface area contributed by atoms with E-state index in [-0.39, 0.29) is 17.5 Å². The molecule has 1 fully saturated rings. The number of hydrazine groups is 1. The minimum absolute atomic E-state index is 0.0364. The summed E-state index contributed by atoms with van der Waals surface area (Å²) in [6.07, 6.45) is 0.880. The normalized spacial score (nSPS) is 20.0. The first-order valence-electron chi connectivity index (χ1n) is 9.40. The highest BCUT2D eigenvalue weighted by molar-refractivity contribution is 7.83. The number of benzene rings is 2. The van der Waals surface area contributed by atoms with Crippen LogP contribution >= 0.6 is 12.6 Å². The van der Waals surface area contributed by atoms with Crippen LogP contribution in [0.15, 0.2) is 41.8 Å². The van der Waals surface area contributed by atoms with Crippen molar-refractivity contribution in [1.29, 1.82) is 0 Å². The summed E-state index contributed by atoms with van der Waals surface area (Å²) < 4.78 is 0. The zero-order chi connectivity index (χ0) is 20.4. The lowest BCUT2D eigenvalue weighted by Crippen LogP contribution is -2.20. The molecule has 2 aromatic carbocycles. The zero-order valence-corrected chi connectivity index (χ0v) is 17.3. The number of ketones is 2. The van der Waals surface area contributed by atoms with Crippen LogP contribution in [0.1, 0.15) is 45.7 Å². The Labute approximate surface area is 171 Å². The van der Waals surface area contributed by atoms with E-state index < -0.39 is 5.92 Å². The highest BCUT2D eigenvalue weighted by Crippen LogP contribution is 2.37. The number of nitrogens with two attached hydrogens (primary N) is 1. The largest absolute Gasteiger partial charge is 0.323 e. The monoisotopic (exact) mass is 394 g/mol. The van der Waals surface area contributed by atoms with Gasteiger partial charge in [-0.05, 0) is 60.4 Å². The molecule has 0 saturated heterocycles. The Balaban J connectivity index is 1.81. The van der Waals surface area contributed by atoms with Crippen molar-refractivity contribution in [3.05, 3.63) is 75.2 Å². The SMILES string of the molecule is Cc1cc(C)c(C2C(=O)CC(Cc3ccc(/C(=C/S)NN)cc3)C2=O)c(C)c1. The van der Waals surface area contributed by atoms with Crippen molar-refractivity contribution in [1.82, 2.24) is 5.43 Å². The fraction of sp³-hybridized carbons (Fsp3) is 0.304. The van der Waals surface area contributed by atoms with Gasteiger partial charge in [0.25, 0.3) is 0 Å². The van der Waals surface area contributed by atoms with Crippen molar-refractivity contribution in [2.45, 2.75) is 39.5 Å². The molecular weight excluding hydrogens is 368 g/mol. The van der Waals surface area contributed by atoms with Gasteiger partial charge in [0.15, 0.2) is 5.78 Å². The van der Waals surface area contributed by atoms with Crippen molar-refractivity contribution >= 4 is 29.9 Å². The molecule has 0 amide bonds. The number of nitrogens with one attached hydrogen (secondary N) is 1. The van der Waals surface area contributed by atoms with Crippen molar-refractivity contribution < 1.29 is 9.59 Å². The molecule has 3 N–H and O–H groups in total. The second-order valence-electron chi connectivity index (χ2n) is 7.60. The zero-order valence-electron chi connectivity index (χ0n) is 16.5. The van der Waals surface area contributed by atoms with Gasteiger partial charge in [0.2, 0.25) is 0 Å². The van der Waals surface area contributed by atoms with Gasteiger partial charge in [0.1, 0.15) is 11.7 Å². The van der Waals surface area contributed by atoms with E-state index in [1.54, 1.807) is 5.41 Å². The predicted octanol–water partition coefficient (Wildman–Crippen LogP) is 3.79. The van der Waals surface area contributed by atoms with E-state index in [0.29, 0.717) is 18.5 Å². The van der Waals surface area contributed by atoms with E-state index >= 15 is 0 Å². The molecule has 0 aliphatic heterocycles. The van der Waals surface area contributed by atoms with E-state index in [2.05, 4.69) is 18.1 Å². The highest BCUT2D eigenvalue weighted by atomic mass is 32.1. The van der Waals surface area contributed by atoms with Gasteiger partial charge in [-0.2, -0.15) is 0 Å². The average Bonchev–Trinajstić information content (AvgIpc) is 2.91. The van der Waals surface area contributed by atoms with Gasteiger partial charge in [-0.25, -0.2) is 0 Å². The summed E-state index contributed by atoms with van der Waals surface area (Å²) in [6.45, 7) is 6.00. The lowest BCUT2D eigenvalue weighted by Gasteiger charge is -2.16. The van der Waals surface area contributed by atoms with Crippen LogP contribution in [0.2, 0.25) is 0 Å². The number of rotatable bonds is 5. The summed E-state index contributed by atoms with van der Waals surface area (Å²) >= 11 is 4.13. The molecule has 0 radical (unpaired) electrons. The summed E-state index contributed by atoms with van der Waals surface area (Å²) in [6, 6.07) is 11.9. The summed E-state index contributed by atoms with van der Waals surface area (Å²) in [5.41, 5.74) is 9.35. The molecule has 2 unspecified atom stereocenters. The molecule has 1 aliphatic carbocycles. The Kier molecular flexibility index (Phi) is 6.06. The Bertz CT molecular complexity index is 925. The smallest absolute Gasteiger partial charge is 0.151 e. The summed E-state index contributed by atoms with van der Waals surface area (Å²) in [4.78, 5) is 25.8. The second kappa shape index (κ2) is 8.33. The molecule has 0 spiro atoms. The number of hydrogen-bond donors (Lipinski definition) is 3. The molecule has 1 saturated carbocycles. The van der Waals surface area contributed by atoms with Crippen LogP contribution in [0.25, 0.3) is 5.70 Å². The topological polar surface area (TPSA) is 72.2 Å². The summed E-state index contributed by atoms with van der Waals surface area (Å²) in [5.74, 6) is 4.67.